The lowest BCUT2D eigenvalue weighted by atomic mass is 9.91. The molecule has 0 aliphatic carbocycles. The van der Waals surface area contributed by atoms with Gasteiger partial charge in [-0.1, -0.05) is 60.7 Å². The number of nitrogens with one attached hydrogen (secondary N) is 1. The first kappa shape index (κ1) is 14.3. The van der Waals surface area contributed by atoms with E-state index in [1.165, 1.54) is 24.0 Å². The molecule has 0 aromatic heterocycles. The molecule has 3 rings (SSSR count). The van der Waals surface area contributed by atoms with Crippen molar-refractivity contribution in [1.82, 2.24) is 5.32 Å². The maximum absolute atomic E-state index is 5.68. The van der Waals surface area contributed by atoms with Gasteiger partial charge in [0, 0.05) is 25.6 Å². The van der Waals surface area contributed by atoms with E-state index in [2.05, 4.69) is 66.0 Å². The van der Waals surface area contributed by atoms with Crippen LogP contribution in [0.1, 0.15) is 29.9 Å². The number of hydrogen-bond donors (Lipinski definition) is 1. The van der Waals surface area contributed by atoms with E-state index >= 15 is 0 Å². The Morgan fingerprint density at radius 1 is 0.952 bits per heavy atom. The summed E-state index contributed by atoms with van der Waals surface area (Å²) in [4.78, 5) is 0. The summed E-state index contributed by atoms with van der Waals surface area (Å²) in [5, 5.41) is 3.60. The van der Waals surface area contributed by atoms with Gasteiger partial charge in [-0.25, -0.2) is 0 Å². The standard InChI is InChI=1S/C19H23NO/c1-3-8-16(9-4-1)19(17-10-5-2-6-11-17)15-20-14-18-12-7-13-21-18/h1-6,8-11,18-20H,7,12-15H2/t18-/m1/s1. The number of ether oxygens (including phenoxy) is 1. The summed E-state index contributed by atoms with van der Waals surface area (Å²) in [7, 11) is 0. The van der Waals surface area contributed by atoms with Gasteiger partial charge >= 0.3 is 0 Å². The largest absolute Gasteiger partial charge is 0.377 e. The predicted octanol–water partition coefficient (Wildman–Crippen LogP) is 3.59. The van der Waals surface area contributed by atoms with Crippen LogP contribution in [0.25, 0.3) is 0 Å². The minimum atomic E-state index is 0.397. The van der Waals surface area contributed by atoms with E-state index in [-0.39, 0.29) is 0 Å². The highest BCUT2D eigenvalue weighted by molar-refractivity contribution is 5.32. The fourth-order valence-corrected chi connectivity index (χ4v) is 2.99. The van der Waals surface area contributed by atoms with Crippen LogP contribution in [-0.2, 0) is 4.74 Å². The van der Waals surface area contributed by atoms with E-state index in [0.717, 1.165) is 19.7 Å². The summed E-state index contributed by atoms with van der Waals surface area (Å²) in [5.41, 5.74) is 2.73. The van der Waals surface area contributed by atoms with Crippen molar-refractivity contribution in [3.63, 3.8) is 0 Å². The summed E-state index contributed by atoms with van der Waals surface area (Å²) >= 11 is 0. The molecular formula is C19H23NO. The summed E-state index contributed by atoms with van der Waals surface area (Å²) in [6.45, 7) is 2.83. The number of hydrogen-bond acceptors (Lipinski definition) is 2. The van der Waals surface area contributed by atoms with Gasteiger partial charge in [0.2, 0.25) is 0 Å². The second-order valence-corrected chi connectivity index (χ2v) is 5.67. The zero-order valence-corrected chi connectivity index (χ0v) is 12.4. The van der Waals surface area contributed by atoms with Gasteiger partial charge in [0.15, 0.2) is 0 Å². The fraction of sp³-hybridized carbons (Fsp3) is 0.368. The predicted molar refractivity (Wildman–Crippen MR) is 86.6 cm³/mol. The Bertz CT molecular complexity index is 480. The topological polar surface area (TPSA) is 21.3 Å². The smallest absolute Gasteiger partial charge is 0.0700 e. The number of benzene rings is 2. The van der Waals surface area contributed by atoms with E-state index in [1.807, 2.05) is 0 Å². The van der Waals surface area contributed by atoms with Crippen molar-refractivity contribution in [2.75, 3.05) is 19.7 Å². The highest BCUT2D eigenvalue weighted by Gasteiger charge is 2.17. The first-order chi connectivity index (χ1) is 10.4. The molecule has 1 heterocycles. The molecule has 1 fully saturated rings. The molecule has 2 heteroatoms. The molecule has 2 nitrogen and oxygen atoms in total. The van der Waals surface area contributed by atoms with Crippen molar-refractivity contribution < 1.29 is 4.74 Å². The summed E-state index contributed by atoms with van der Waals surface area (Å²) in [6.07, 6.45) is 2.79. The van der Waals surface area contributed by atoms with Crippen molar-refractivity contribution >= 4 is 0 Å². The minimum absolute atomic E-state index is 0.397. The Labute approximate surface area is 127 Å². The maximum Gasteiger partial charge on any atom is 0.0700 e. The molecule has 1 aliphatic rings. The fourth-order valence-electron chi connectivity index (χ4n) is 2.99. The molecule has 2 aromatic rings. The van der Waals surface area contributed by atoms with Crippen molar-refractivity contribution in [2.45, 2.75) is 24.9 Å². The molecule has 2 aromatic carbocycles. The van der Waals surface area contributed by atoms with Gasteiger partial charge in [0.1, 0.15) is 0 Å². The zero-order chi connectivity index (χ0) is 14.3. The summed E-state index contributed by atoms with van der Waals surface area (Å²) < 4.78 is 5.68. The summed E-state index contributed by atoms with van der Waals surface area (Å²) in [6, 6.07) is 21.5. The molecule has 1 saturated heterocycles. The van der Waals surface area contributed by atoms with Gasteiger partial charge in [0.25, 0.3) is 0 Å². The van der Waals surface area contributed by atoms with Crippen molar-refractivity contribution in [3.05, 3.63) is 71.8 Å². The van der Waals surface area contributed by atoms with E-state index in [9.17, 15) is 0 Å². The maximum atomic E-state index is 5.68. The van der Waals surface area contributed by atoms with Gasteiger partial charge in [-0.15, -0.1) is 0 Å². The van der Waals surface area contributed by atoms with E-state index in [0.29, 0.717) is 12.0 Å². The summed E-state index contributed by atoms with van der Waals surface area (Å²) in [5.74, 6) is 0.397. The molecule has 0 unspecified atom stereocenters. The van der Waals surface area contributed by atoms with Crippen LogP contribution < -0.4 is 5.32 Å². The molecule has 0 spiro atoms. The molecule has 21 heavy (non-hydrogen) atoms. The van der Waals surface area contributed by atoms with Crippen LogP contribution in [0.3, 0.4) is 0 Å². The van der Waals surface area contributed by atoms with Crippen LogP contribution in [-0.4, -0.2) is 25.8 Å². The normalized spacial score (nSPS) is 18.2. The van der Waals surface area contributed by atoms with Crippen molar-refractivity contribution in [2.24, 2.45) is 0 Å². The van der Waals surface area contributed by atoms with E-state index in [1.54, 1.807) is 0 Å². The highest BCUT2D eigenvalue weighted by atomic mass is 16.5. The van der Waals surface area contributed by atoms with Crippen LogP contribution in [0.2, 0.25) is 0 Å². The molecule has 0 saturated carbocycles. The lowest BCUT2D eigenvalue weighted by Crippen LogP contribution is -2.30. The minimum Gasteiger partial charge on any atom is -0.377 e. The molecule has 110 valence electrons. The second kappa shape index (κ2) is 7.39. The number of rotatable bonds is 6. The van der Waals surface area contributed by atoms with Crippen LogP contribution >= 0.6 is 0 Å². The SMILES string of the molecule is c1ccc(C(CNC[C@H]2CCCO2)c2ccccc2)cc1. The molecule has 0 amide bonds. The monoisotopic (exact) mass is 281 g/mol. The Hall–Kier alpha value is -1.64. The Kier molecular flexibility index (Phi) is 5.03. The van der Waals surface area contributed by atoms with Gasteiger partial charge in [0.05, 0.1) is 6.10 Å². The average Bonchev–Trinajstić information content (AvgIpc) is 3.07. The third-order valence-electron chi connectivity index (χ3n) is 4.15. The average molecular weight is 281 g/mol. The Morgan fingerprint density at radius 3 is 2.10 bits per heavy atom. The van der Waals surface area contributed by atoms with Crippen LogP contribution in [0.5, 0.6) is 0 Å². The van der Waals surface area contributed by atoms with Crippen molar-refractivity contribution in [1.29, 1.82) is 0 Å². The van der Waals surface area contributed by atoms with Gasteiger partial charge in [-0.05, 0) is 24.0 Å². The van der Waals surface area contributed by atoms with Crippen LogP contribution in [0.4, 0.5) is 0 Å². The second-order valence-electron chi connectivity index (χ2n) is 5.67. The third kappa shape index (κ3) is 3.93. The van der Waals surface area contributed by atoms with Crippen LogP contribution in [0, 0.1) is 0 Å². The molecule has 1 N–H and O–H groups in total. The highest BCUT2D eigenvalue weighted by Crippen LogP contribution is 2.23. The quantitative estimate of drug-likeness (QED) is 0.873. The lowest BCUT2D eigenvalue weighted by Gasteiger charge is -2.20. The first-order valence-electron chi connectivity index (χ1n) is 7.85. The van der Waals surface area contributed by atoms with E-state index < -0.39 is 0 Å². The Balaban J connectivity index is 1.67. The lowest BCUT2D eigenvalue weighted by molar-refractivity contribution is 0.110. The van der Waals surface area contributed by atoms with Gasteiger partial charge in [-0.3, -0.25) is 0 Å². The molecule has 1 atom stereocenters. The third-order valence-corrected chi connectivity index (χ3v) is 4.15. The molecule has 1 aliphatic heterocycles. The van der Waals surface area contributed by atoms with Crippen molar-refractivity contribution in [3.8, 4) is 0 Å². The molecular weight excluding hydrogens is 258 g/mol. The molecule has 0 bridgehead atoms. The molecule has 0 radical (unpaired) electrons. The zero-order valence-electron chi connectivity index (χ0n) is 12.4. The van der Waals surface area contributed by atoms with E-state index in [4.69, 9.17) is 4.74 Å². The van der Waals surface area contributed by atoms with Crippen LogP contribution in [0.15, 0.2) is 60.7 Å². The Morgan fingerprint density at radius 2 is 1.57 bits per heavy atom. The first-order valence-corrected chi connectivity index (χ1v) is 7.85. The van der Waals surface area contributed by atoms with Gasteiger partial charge < -0.3 is 10.1 Å². The van der Waals surface area contributed by atoms with Gasteiger partial charge in [-0.2, -0.15) is 0 Å².